The van der Waals surface area contributed by atoms with Gasteiger partial charge in [0.1, 0.15) is 0 Å². The molecule has 0 aliphatic carbocycles. The fourth-order valence-electron chi connectivity index (χ4n) is 2.33. The summed E-state index contributed by atoms with van der Waals surface area (Å²) in [5, 5.41) is 5.90. The molecule has 1 fully saturated rings. The molecule has 0 bridgehead atoms. The van der Waals surface area contributed by atoms with Gasteiger partial charge in [0.05, 0.1) is 0 Å². The van der Waals surface area contributed by atoms with Crippen molar-refractivity contribution in [3.05, 3.63) is 29.8 Å². The van der Waals surface area contributed by atoms with Gasteiger partial charge in [-0.1, -0.05) is 12.1 Å². The Morgan fingerprint density at radius 3 is 2.59 bits per heavy atom. The summed E-state index contributed by atoms with van der Waals surface area (Å²) in [5.74, 6) is -0.261. The number of benzene rings is 1. The van der Waals surface area contributed by atoms with Crippen LogP contribution >= 0.6 is 0 Å². The van der Waals surface area contributed by atoms with Crippen LogP contribution in [0.4, 0.5) is 5.69 Å². The van der Waals surface area contributed by atoms with Crippen LogP contribution < -0.4 is 10.6 Å². The van der Waals surface area contributed by atoms with Crippen molar-refractivity contribution < 1.29 is 14.4 Å². The number of ketones is 1. The monoisotopic (exact) mass is 303 g/mol. The Morgan fingerprint density at radius 1 is 1.18 bits per heavy atom. The Morgan fingerprint density at radius 2 is 1.91 bits per heavy atom. The number of nitrogens with zero attached hydrogens (tertiary/aromatic N) is 1. The molecule has 1 aromatic carbocycles. The topological polar surface area (TPSA) is 78.5 Å². The summed E-state index contributed by atoms with van der Waals surface area (Å²) in [4.78, 5) is 37.0. The highest BCUT2D eigenvalue weighted by molar-refractivity contribution is 5.97. The van der Waals surface area contributed by atoms with Gasteiger partial charge in [0.25, 0.3) is 0 Å². The summed E-state index contributed by atoms with van der Waals surface area (Å²) in [5.41, 5.74) is 1.13. The number of anilines is 1. The second-order valence-electron chi connectivity index (χ2n) is 5.32. The number of carbonyl (C=O) groups excluding carboxylic acids is 3. The van der Waals surface area contributed by atoms with E-state index in [0.29, 0.717) is 24.3 Å². The Hall–Kier alpha value is -2.21. The summed E-state index contributed by atoms with van der Waals surface area (Å²) < 4.78 is 0. The first-order valence-electron chi connectivity index (χ1n) is 7.45. The first-order valence-corrected chi connectivity index (χ1v) is 7.45. The average molecular weight is 303 g/mol. The van der Waals surface area contributed by atoms with E-state index < -0.39 is 0 Å². The highest BCUT2D eigenvalue weighted by Crippen LogP contribution is 2.12. The van der Waals surface area contributed by atoms with Crippen LogP contribution in [0.25, 0.3) is 0 Å². The third-order valence-electron chi connectivity index (χ3n) is 3.59. The molecule has 0 unspecified atom stereocenters. The number of carbonyl (C=O) groups is 3. The summed E-state index contributed by atoms with van der Waals surface area (Å²) in [6.45, 7) is 4.47. The highest BCUT2D eigenvalue weighted by atomic mass is 16.2. The molecule has 0 spiro atoms. The lowest BCUT2D eigenvalue weighted by Crippen LogP contribution is -2.46. The lowest BCUT2D eigenvalue weighted by atomic mass is 10.1. The second kappa shape index (κ2) is 7.70. The van der Waals surface area contributed by atoms with Crippen molar-refractivity contribution in [1.29, 1.82) is 0 Å². The van der Waals surface area contributed by atoms with Gasteiger partial charge in [0, 0.05) is 50.3 Å². The van der Waals surface area contributed by atoms with Gasteiger partial charge in [0.15, 0.2) is 5.78 Å². The Balaban J connectivity index is 1.81. The van der Waals surface area contributed by atoms with Gasteiger partial charge in [-0.15, -0.1) is 0 Å². The van der Waals surface area contributed by atoms with Gasteiger partial charge in [-0.3, -0.25) is 14.4 Å². The van der Waals surface area contributed by atoms with E-state index in [1.807, 2.05) is 0 Å². The minimum absolute atomic E-state index is 0.00846. The molecular weight excluding hydrogens is 282 g/mol. The number of nitrogens with one attached hydrogen (secondary N) is 2. The predicted molar refractivity (Wildman–Crippen MR) is 83.8 cm³/mol. The van der Waals surface area contributed by atoms with Crippen molar-refractivity contribution in [3.63, 3.8) is 0 Å². The van der Waals surface area contributed by atoms with E-state index in [1.54, 1.807) is 29.2 Å². The number of amides is 2. The van der Waals surface area contributed by atoms with E-state index >= 15 is 0 Å². The van der Waals surface area contributed by atoms with Crippen molar-refractivity contribution in [1.82, 2.24) is 10.2 Å². The van der Waals surface area contributed by atoms with Gasteiger partial charge in [-0.05, 0) is 19.1 Å². The smallest absolute Gasteiger partial charge is 0.224 e. The molecule has 0 radical (unpaired) electrons. The fourth-order valence-corrected chi connectivity index (χ4v) is 2.33. The van der Waals surface area contributed by atoms with Crippen molar-refractivity contribution in [2.24, 2.45) is 0 Å². The van der Waals surface area contributed by atoms with Crippen LogP contribution in [0.15, 0.2) is 24.3 Å². The molecule has 1 aliphatic heterocycles. The predicted octanol–water partition coefficient (Wildman–Crippen LogP) is 1.04. The fraction of sp³-hybridized carbons (Fsp3) is 0.438. The molecule has 0 atom stereocenters. The Labute approximate surface area is 129 Å². The van der Waals surface area contributed by atoms with E-state index in [9.17, 15) is 14.4 Å². The van der Waals surface area contributed by atoms with Crippen molar-refractivity contribution in [3.8, 4) is 0 Å². The second-order valence-corrected chi connectivity index (χ2v) is 5.32. The largest absolute Gasteiger partial charge is 0.340 e. The summed E-state index contributed by atoms with van der Waals surface area (Å²) in [6, 6.07) is 6.78. The average Bonchev–Trinajstić information content (AvgIpc) is 2.53. The van der Waals surface area contributed by atoms with Crippen molar-refractivity contribution in [2.75, 3.05) is 31.5 Å². The molecule has 6 heteroatoms. The summed E-state index contributed by atoms with van der Waals surface area (Å²) in [7, 11) is 0. The van der Waals surface area contributed by atoms with E-state index in [-0.39, 0.29) is 30.4 Å². The number of hydrogen-bond donors (Lipinski definition) is 2. The van der Waals surface area contributed by atoms with Gasteiger partial charge < -0.3 is 15.5 Å². The number of Topliss-reactive ketones (excluding diaryl/α,β-unsaturated/α-hetero) is 1. The first-order chi connectivity index (χ1) is 10.6. The van der Waals surface area contributed by atoms with Crippen molar-refractivity contribution >= 4 is 23.3 Å². The molecule has 0 aromatic heterocycles. The van der Waals surface area contributed by atoms with Gasteiger partial charge >= 0.3 is 0 Å². The Bertz CT molecular complexity index is 566. The summed E-state index contributed by atoms with van der Waals surface area (Å²) >= 11 is 0. The third-order valence-corrected chi connectivity index (χ3v) is 3.59. The SMILES string of the molecule is CC(=O)c1cccc(NC(=O)CCC(=O)N2CCNCC2)c1. The van der Waals surface area contributed by atoms with Crippen LogP contribution in [0.2, 0.25) is 0 Å². The summed E-state index contributed by atoms with van der Waals surface area (Å²) in [6.07, 6.45) is 0.352. The molecule has 2 N–H and O–H groups in total. The van der Waals surface area contributed by atoms with E-state index in [0.717, 1.165) is 13.1 Å². The zero-order chi connectivity index (χ0) is 15.9. The third kappa shape index (κ3) is 4.66. The van der Waals surface area contributed by atoms with Crippen LogP contribution in [-0.2, 0) is 9.59 Å². The number of rotatable bonds is 5. The standard InChI is InChI=1S/C16H21N3O3/c1-12(20)13-3-2-4-14(11-13)18-15(21)5-6-16(22)19-9-7-17-8-10-19/h2-4,11,17H,5-10H2,1H3,(H,18,21). The van der Waals surface area contributed by atoms with Crippen LogP contribution in [0.5, 0.6) is 0 Å². The van der Waals surface area contributed by atoms with Crippen molar-refractivity contribution in [2.45, 2.75) is 19.8 Å². The van der Waals surface area contributed by atoms with Crippen LogP contribution in [0.3, 0.4) is 0 Å². The van der Waals surface area contributed by atoms with Crippen LogP contribution in [-0.4, -0.2) is 48.7 Å². The molecule has 2 rings (SSSR count). The zero-order valence-corrected chi connectivity index (χ0v) is 12.7. The maximum absolute atomic E-state index is 12.0. The molecule has 22 heavy (non-hydrogen) atoms. The van der Waals surface area contributed by atoms with Gasteiger partial charge in [0.2, 0.25) is 11.8 Å². The van der Waals surface area contributed by atoms with Gasteiger partial charge in [-0.2, -0.15) is 0 Å². The lowest BCUT2D eigenvalue weighted by molar-refractivity contribution is -0.133. The van der Waals surface area contributed by atoms with Crippen LogP contribution in [0, 0.1) is 0 Å². The molecular formula is C16H21N3O3. The quantitative estimate of drug-likeness (QED) is 0.797. The highest BCUT2D eigenvalue weighted by Gasteiger charge is 2.17. The molecule has 1 heterocycles. The number of hydrogen-bond acceptors (Lipinski definition) is 4. The van der Waals surface area contributed by atoms with Crippen LogP contribution in [0.1, 0.15) is 30.1 Å². The molecule has 118 valence electrons. The number of piperazine rings is 1. The maximum atomic E-state index is 12.0. The first kappa shape index (κ1) is 16.2. The van der Waals surface area contributed by atoms with E-state index in [4.69, 9.17) is 0 Å². The van der Waals surface area contributed by atoms with E-state index in [2.05, 4.69) is 10.6 Å². The molecule has 1 saturated heterocycles. The zero-order valence-electron chi connectivity index (χ0n) is 12.7. The Kier molecular flexibility index (Phi) is 5.66. The molecule has 1 aliphatic rings. The minimum atomic E-state index is -0.218. The molecule has 0 saturated carbocycles. The maximum Gasteiger partial charge on any atom is 0.224 e. The molecule has 6 nitrogen and oxygen atoms in total. The normalized spacial score (nSPS) is 14.5. The minimum Gasteiger partial charge on any atom is -0.340 e. The lowest BCUT2D eigenvalue weighted by Gasteiger charge is -2.27. The van der Waals surface area contributed by atoms with E-state index in [1.165, 1.54) is 6.92 Å². The molecule has 1 aromatic rings. The van der Waals surface area contributed by atoms with Gasteiger partial charge in [-0.25, -0.2) is 0 Å². The molecule has 2 amide bonds.